The molecule has 7 aromatic rings. The number of aromatic hydroxyl groups is 2. The molecule has 0 radical (unpaired) electrons. The maximum absolute atomic E-state index is 13.9. The molecule has 4 N–H and O–H groups in total. The van der Waals surface area contributed by atoms with E-state index in [-0.39, 0.29) is 33.6 Å². The molecule has 9 rings (SSSR count). The fourth-order valence-corrected chi connectivity index (χ4v) is 7.41. The Labute approximate surface area is 278 Å². The highest BCUT2D eigenvalue weighted by atomic mass is 16.4. The van der Waals surface area contributed by atoms with Crippen LogP contribution in [-0.2, 0) is 0 Å². The second kappa shape index (κ2) is 9.61. The van der Waals surface area contributed by atoms with Gasteiger partial charge in [-0.1, -0.05) is 24.3 Å². The Morgan fingerprint density at radius 1 is 0.420 bits per heavy atom. The van der Waals surface area contributed by atoms with Crippen molar-refractivity contribution in [2.75, 3.05) is 9.80 Å². The van der Waals surface area contributed by atoms with E-state index < -0.39 is 58.2 Å². The van der Waals surface area contributed by atoms with Crippen LogP contribution < -0.4 is 9.80 Å². The fourth-order valence-electron chi connectivity index (χ4n) is 7.41. The summed E-state index contributed by atoms with van der Waals surface area (Å²) in [7, 11) is 0. The molecule has 50 heavy (non-hydrogen) atoms. The summed E-state index contributed by atoms with van der Waals surface area (Å²) in [5, 5.41) is 43.7. The molecule has 2 aliphatic heterocycles. The highest BCUT2D eigenvalue weighted by Crippen LogP contribution is 2.47. The number of fused-ring (bicyclic) bond motifs is 2. The molecule has 240 valence electrons. The van der Waals surface area contributed by atoms with Crippen molar-refractivity contribution in [1.29, 1.82) is 0 Å². The number of hydrogen-bond acceptors (Lipinski definition) is 8. The van der Waals surface area contributed by atoms with Gasteiger partial charge in [-0.2, -0.15) is 0 Å². The summed E-state index contributed by atoms with van der Waals surface area (Å²) >= 11 is 0. The molecular formula is C38H18N2O10. The molecule has 0 aliphatic carbocycles. The second-order valence-corrected chi connectivity index (χ2v) is 12.0. The van der Waals surface area contributed by atoms with E-state index in [4.69, 9.17) is 0 Å². The number of hydrogen-bond donors (Lipinski definition) is 4. The summed E-state index contributed by atoms with van der Waals surface area (Å²) in [5.41, 5.74) is -0.162. The number of benzene rings is 7. The summed E-state index contributed by atoms with van der Waals surface area (Å²) < 4.78 is 0. The maximum Gasteiger partial charge on any atom is 0.339 e. The van der Waals surface area contributed by atoms with Crippen LogP contribution in [0.5, 0.6) is 11.5 Å². The van der Waals surface area contributed by atoms with Gasteiger partial charge >= 0.3 is 11.9 Å². The zero-order valence-corrected chi connectivity index (χ0v) is 25.2. The molecule has 0 spiro atoms. The summed E-state index contributed by atoms with van der Waals surface area (Å²) in [5.74, 6) is -6.60. The first kappa shape index (κ1) is 28.8. The number of nitrogens with zero attached hydrogens (tertiary/aromatic N) is 2. The number of imide groups is 2. The van der Waals surface area contributed by atoms with Crippen molar-refractivity contribution in [2.24, 2.45) is 0 Å². The van der Waals surface area contributed by atoms with Crippen molar-refractivity contribution < 1.29 is 49.2 Å². The second-order valence-electron chi connectivity index (χ2n) is 12.0. The predicted molar refractivity (Wildman–Crippen MR) is 180 cm³/mol. The average molecular weight is 663 g/mol. The van der Waals surface area contributed by atoms with Crippen molar-refractivity contribution in [1.82, 2.24) is 0 Å². The fraction of sp³-hybridized carbons (Fsp3) is 0. The Bertz CT molecular complexity index is 2530. The molecule has 0 atom stereocenters. The van der Waals surface area contributed by atoms with Crippen LogP contribution in [0.15, 0.2) is 84.9 Å². The number of phenols is 2. The van der Waals surface area contributed by atoms with Gasteiger partial charge in [0.1, 0.15) is 22.6 Å². The first-order chi connectivity index (χ1) is 24.0. The van der Waals surface area contributed by atoms with Crippen molar-refractivity contribution in [3.63, 3.8) is 0 Å². The lowest BCUT2D eigenvalue weighted by Gasteiger charge is -2.30. The Morgan fingerprint density at radius 2 is 0.720 bits per heavy atom. The SMILES string of the molecule is O=C(O)c1cc(N2C(=O)c3ccc4c5ccc6c7c(ccc(c8ccc(c3c48)C2=O)c75)C(=O)N(c2ccc(O)c(C(=O)O)c2)C6=O)ccc1O. The van der Waals surface area contributed by atoms with E-state index in [0.29, 0.717) is 43.1 Å². The van der Waals surface area contributed by atoms with Crippen LogP contribution in [-0.4, -0.2) is 56.0 Å². The molecule has 0 saturated carbocycles. The van der Waals surface area contributed by atoms with Gasteiger partial charge in [0.25, 0.3) is 23.6 Å². The minimum absolute atomic E-state index is 0.0197. The summed E-state index contributed by atoms with van der Waals surface area (Å²) in [4.78, 5) is 80.9. The normalized spacial score (nSPS) is 14.2. The quantitative estimate of drug-likeness (QED) is 0.0967. The third kappa shape index (κ3) is 3.53. The lowest BCUT2D eigenvalue weighted by atomic mass is 9.82. The number of carboxylic acid groups (broad SMARTS) is 2. The Kier molecular flexibility index (Phi) is 5.54. The maximum atomic E-state index is 13.9. The number of rotatable bonds is 4. The van der Waals surface area contributed by atoms with Crippen molar-refractivity contribution in [2.45, 2.75) is 0 Å². The number of amides is 4. The predicted octanol–water partition coefficient (Wildman–Crippen LogP) is 6.15. The van der Waals surface area contributed by atoms with E-state index in [9.17, 15) is 49.2 Å². The highest BCUT2D eigenvalue weighted by molar-refractivity contribution is 6.45. The summed E-state index contributed by atoms with van der Waals surface area (Å²) in [6.07, 6.45) is 0. The van der Waals surface area contributed by atoms with Crippen molar-refractivity contribution >= 4 is 90.0 Å². The minimum Gasteiger partial charge on any atom is -0.507 e. The van der Waals surface area contributed by atoms with Gasteiger partial charge in [-0.15, -0.1) is 0 Å². The largest absolute Gasteiger partial charge is 0.507 e. The molecule has 12 nitrogen and oxygen atoms in total. The monoisotopic (exact) mass is 662 g/mol. The number of carbonyl (C=O) groups is 6. The van der Waals surface area contributed by atoms with Crippen LogP contribution in [0.2, 0.25) is 0 Å². The van der Waals surface area contributed by atoms with Crippen LogP contribution in [0.4, 0.5) is 11.4 Å². The standard InChI is InChI=1S/C38H18N2O10/c41-27-11-1-15(13-25(27)37(47)48)39-33(43)21-7-3-17-19-5-9-23-32-24(36(46)40(35(23)45)16-2-12-28(42)26(14-16)38(49)50)10-6-20(30(19)32)18-4-8-22(34(39)44)31(21)29(17)18/h1-14,41-42H,(H,47,48)(H,49,50). The smallest absolute Gasteiger partial charge is 0.339 e. The molecule has 0 bridgehead atoms. The Hall–Kier alpha value is -7.34. The molecule has 4 amide bonds. The lowest BCUT2D eigenvalue weighted by molar-refractivity contribution is 0.0682. The molecule has 7 aromatic carbocycles. The van der Waals surface area contributed by atoms with Gasteiger partial charge in [-0.3, -0.25) is 19.2 Å². The van der Waals surface area contributed by atoms with E-state index >= 15 is 0 Å². The van der Waals surface area contributed by atoms with Crippen LogP contribution >= 0.6 is 0 Å². The van der Waals surface area contributed by atoms with E-state index in [1.54, 1.807) is 48.5 Å². The molecule has 0 aromatic heterocycles. The molecule has 0 saturated heterocycles. The van der Waals surface area contributed by atoms with E-state index in [1.807, 2.05) is 0 Å². The third-order valence-electron chi connectivity index (χ3n) is 9.57. The van der Waals surface area contributed by atoms with Gasteiger partial charge in [0.05, 0.1) is 11.4 Å². The van der Waals surface area contributed by atoms with Crippen LogP contribution in [0.1, 0.15) is 62.1 Å². The first-order valence-electron chi connectivity index (χ1n) is 15.1. The van der Waals surface area contributed by atoms with Gasteiger partial charge in [0.15, 0.2) is 0 Å². The minimum atomic E-state index is -1.43. The van der Waals surface area contributed by atoms with E-state index in [2.05, 4.69) is 0 Å². The Morgan fingerprint density at radius 3 is 1.00 bits per heavy atom. The number of carboxylic acids is 2. The molecule has 12 heteroatoms. The van der Waals surface area contributed by atoms with Gasteiger partial charge < -0.3 is 20.4 Å². The Balaban J connectivity index is 1.26. The van der Waals surface area contributed by atoms with E-state index in [1.165, 1.54) is 12.1 Å². The summed E-state index contributed by atoms with van der Waals surface area (Å²) in [6, 6.07) is 20.1. The average Bonchev–Trinajstić information content (AvgIpc) is 3.10. The molecule has 0 fully saturated rings. The number of aromatic carboxylic acids is 2. The zero-order valence-electron chi connectivity index (χ0n) is 25.2. The van der Waals surface area contributed by atoms with E-state index in [0.717, 1.165) is 34.1 Å². The first-order valence-corrected chi connectivity index (χ1v) is 15.1. The van der Waals surface area contributed by atoms with Crippen molar-refractivity contribution in [3.05, 3.63) is 118 Å². The number of anilines is 2. The van der Waals surface area contributed by atoms with Crippen LogP contribution in [0.3, 0.4) is 0 Å². The third-order valence-corrected chi connectivity index (χ3v) is 9.57. The number of carbonyl (C=O) groups excluding carboxylic acids is 4. The van der Waals surface area contributed by atoms with Gasteiger partial charge in [-0.25, -0.2) is 19.4 Å². The van der Waals surface area contributed by atoms with Crippen LogP contribution in [0.25, 0.3) is 43.1 Å². The lowest BCUT2D eigenvalue weighted by Crippen LogP contribution is -2.40. The van der Waals surface area contributed by atoms with Gasteiger partial charge in [0.2, 0.25) is 0 Å². The molecule has 2 aliphatic rings. The zero-order chi connectivity index (χ0) is 34.9. The molecule has 2 heterocycles. The molecule has 0 unspecified atom stereocenters. The van der Waals surface area contributed by atoms with Gasteiger partial charge in [0, 0.05) is 33.0 Å². The van der Waals surface area contributed by atoms with Crippen molar-refractivity contribution in [3.8, 4) is 11.5 Å². The summed E-state index contributed by atoms with van der Waals surface area (Å²) in [6.45, 7) is 0. The highest BCUT2D eigenvalue weighted by Gasteiger charge is 2.38. The topological polar surface area (TPSA) is 190 Å². The van der Waals surface area contributed by atoms with Gasteiger partial charge in [-0.05, 0) is 93.0 Å². The molecular weight excluding hydrogens is 644 g/mol. The van der Waals surface area contributed by atoms with Crippen LogP contribution in [0, 0.1) is 0 Å².